The second-order valence-electron chi connectivity index (χ2n) is 6.02. The monoisotopic (exact) mass is 291 g/mol. The van der Waals surface area contributed by atoms with E-state index < -0.39 is 0 Å². The van der Waals surface area contributed by atoms with Crippen LogP contribution in [0.1, 0.15) is 81.5 Å². The van der Waals surface area contributed by atoms with E-state index in [0.29, 0.717) is 12.3 Å². The lowest BCUT2D eigenvalue weighted by atomic mass is 9.89. The molecular weight excluding hydrogens is 258 g/mol. The van der Waals surface area contributed by atoms with Crippen molar-refractivity contribution in [2.75, 3.05) is 0 Å². The van der Waals surface area contributed by atoms with Crippen LogP contribution in [0.5, 0.6) is 5.75 Å². The highest BCUT2D eigenvalue weighted by Crippen LogP contribution is 2.33. The van der Waals surface area contributed by atoms with Crippen LogP contribution in [-0.4, -0.2) is 5.11 Å². The first-order valence-electron chi connectivity index (χ1n) is 8.74. The fourth-order valence-corrected chi connectivity index (χ4v) is 2.91. The zero-order valence-corrected chi connectivity index (χ0v) is 14.2. The van der Waals surface area contributed by atoms with E-state index in [0.717, 1.165) is 56.1 Å². The molecule has 0 amide bonds. The first-order chi connectivity index (χ1) is 10.2. The fourth-order valence-electron chi connectivity index (χ4n) is 2.91. The molecular formula is C19H33NO. The number of phenols is 1. The Morgan fingerprint density at radius 1 is 0.810 bits per heavy atom. The zero-order chi connectivity index (χ0) is 15.7. The molecule has 2 nitrogen and oxygen atoms in total. The molecule has 0 saturated heterocycles. The SMILES string of the molecule is CCCCc1cc(CN)c(CCCC)c(O)c1CCCC. The minimum atomic E-state index is 0.528. The van der Waals surface area contributed by atoms with Crippen molar-refractivity contribution in [1.29, 1.82) is 0 Å². The molecule has 21 heavy (non-hydrogen) atoms. The number of hydrogen-bond acceptors (Lipinski definition) is 2. The molecule has 120 valence electrons. The number of nitrogens with two attached hydrogens (primary N) is 1. The number of benzene rings is 1. The van der Waals surface area contributed by atoms with Crippen molar-refractivity contribution in [2.24, 2.45) is 5.73 Å². The molecule has 0 atom stereocenters. The number of rotatable bonds is 10. The summed E-state index contributed by atoms with van der Waals surface area (Å²) in [4.78, 5) is 0. The highest BCUT2D eigenvalue weighted by molar-refractivity contribution is 5.50. The number of unbranched alkanes of at least 4 members (excludes halogenated alkanes) is 3. The van der Waals surface area contributed by atoms with Crippen LogP contribution in [0.4, 0.5) is 0 Å². The van der Waals surface area contributed by atoms with E-state index in [4.69, 9.17) is 5.73 Å². The van der Waals surface area contributed by atoms with Crippen molar-refractivity contribution < 1.29 is 5.11 Å². The van der Waals surface area contributed by atoms with Crippen LogP contribution in [0.15, 0.2) is 6.07 Å². The van der Waals surface area contributed by atoms with Crippen LogP contribution in [-0.2, 0) is 25.8 Å². The van der Waals surface area contributed by atoms with Crippen molar-refractivity contribution in [3.63, 3.8) is 0 Å². The van der Waals surface area contributed by atoms with Crippen LogP contribution < -0.4 is 5.73 Å². The topological polar surface area (TPSA) is 46.2 Å². The van der Waals surface area contributed by atoms with Crippen LogP contribution in [0, 0.1) is 0 Å². The van der Waals surface area contributed by atoms with Gasteiger partial charge in [0.1, 0.15) is 5.75 Å². The van der Waals surface area contributed by atoms with Gasteiger partial charge in [0.25, 0.3) is 0 Å². The lowest BCUT2D eigenvalue weighted by molar-refractivity contribution is 0.455. The summed E-state index contributed by atoms with van der Waals surface area (Å²) in [5, 5.41) is 10.8. The quantitative estimate of drug-likeness (QED) is 0.645. The number of phenolic OH excluding ortho intramolecular Hbond substituents is 1. The second kappa shape index (κ2) is 9.83. The van der Waals surface area contributed by atoms with Gasteiger partial charge in [0.15, 0.2) is 0 Å². The molecule has 0 aromatic heterocycles. The highest BCUT2D eigenvalue weighted by atomic mass is 16.3. The van der Waals surface area contributed by atoms with E-state index in [1.165, 1.54) is 24.0 Å². The van der Waals surface area contributed by atoms with Gasteiger partial charge in [-0.2, -0.15) is 0 Å². The third-order valence-electron chi connectivity index (χ3n) is 4.28. The molecule has 0 radical (unpaired) electrons. The fraction of sp³-hybridized carbons (Fsp3) is 0.684. The average Bonchev–Trinajstić information content (AvgIpc) is 2.50. The zero-order valence-electron chi connectivity index (χ0n) is 14.2. The van der Waals surface area contributed by atoms with Gasteiger partial charge < -0.3 is 10.8 Å². The molecule has 3 N–H and O–H groups in total. The predicted molar refractivity (Wildman–Crippen MR) is 91.8 cm³/mol. The number of hydrogen-bond donors (Lipinski definition) is 2. The Kier molecular flexibility index (Phi) is 8.44. The Balaban J connectivity index is 3.19. The number of aromatic hydroxyl groups is 1. The summed E-state index contributed by atoms with van der Waals surface area (Å²) < 4.78 is 0. The second-order valence-corrected chi connectivity index (χ2v) is 6.02. The average molecular weight is 291 g/mol. The van der Waals surface area contributed by atoms with Crippen LogP contribution >= 0.6 is 0 Å². The van der Waals surface area contributed by atoms with Crippen LogP contribution in [0.2, 0.25) is 0 Å². The summed E-state index contributed by atoms with van der Waals surface area (Å²) in [6, 6.07) is 2.27. The van der Waals surface area contributed by atoms with Gasteiger partial charge in [0, 0.05) is 6.54 Å². The minimum absolute atomic E-state index is 0.528. The summed E-state index contributed by atoms with van der Waals surface area (Å²) >= 11 is 0. The summed E-state index contributed by atoms with van der Waals surface area (Å²) in [7, 11) is 0. The summed E-state index contributed by atoms with van der Waals surface area (Å²) in [6.45, 7) is 7.13. The maximum Gasteiger partial charge on any atom is 0.122 e. The molecule has 0 spiro atoms. The largest absolute Gasteiger partial charge is 0.507 e. The third kappa shape index (κ3) is 5.03. The molecule has 0 bridgehead atoms. The van der Waals surface area contributed by atoms with Gasteiger partial charge in [-0.3, -0.25) is 0 Å². The molecule has 0 heterocycles. The van der Waals surface area contributed by atoms with E-state index >= 15 is 0 Å². The Bertz CT molecular complexity index is 426. The van der Waals surface area contributed by atoms with Crippen LogP contribution in [0.25, 0.3) is 0 Å². The molecule has 0 aliphatic rings. The lowest BCUT2D eigenvalue weighted by Gasteiger charge is -2.19. The van der Waals surface area contributed by atoms with Gasteiger partial charge >= 0.3 is 0 Å². The molecule has 0 saturated carbocycles. The first kappa shape index (κ1) is 18.0. The molecule has 0 unspecified atom stereocenters. The predicted octanol–water partition coefficient (Wildman–Crippen LogP) is 4.88. The Hall–Kier alpha value is -1.02. The first-order valence-corrected chi connectivity index (χ1v) is 8.74. The smallest absolute Gasteiger partial charge is 0.122 e. The molecule has 1 aromatic rings. The highest BCUT2D eigenvalue weighted by Gasteiger charge is 2.16. The van der Waals surface area contributed by atoms with E-state index in [1.807, 2.05) is 0 Å². The van der Waals surface area contributed by atoms with Gasteiger partial charge in [-0.1, -0.05) is 46.1 Å². The molecule has 1 aromatic carbocycles. The van der Waals surface area contributed by atoms with Crippen molar-refractivity contribution >= 4 is 0 Å². The molecule has 2 heteroatoms. The van der Waals surface area contributed by atoms with Crippen molar-refractivity contribution in [1.82, 2.24) is 0 Å². The summed E-state index contributed by atoms with van der Waals surface area (Å²) in [6.07, 6.45) is 9.92. The summed E-state index contributed by atoms with van der Waals surface area (Å²) in [5.74, 6) is 0.547. The summed E-state index contributed by atoms with van der Waals surface area (Å²) in [5.41, 5.74) is 10.7. The standard InChI is InChI=1S/C19H33NO/c1-4-7-10-15-13-16(14-20)18(12-9-6-3)19(21)17(15)11-8-5-2/h13,21H,4-12,14,20H2,1-3H3. The van der Waals surface area contributed by atoms with Gasteiger partial charge in [-0.25, -0.2) is 0 Å². The van der Waals surface area contributed by atoms with E-state index in [1.54, 1.807) is 0 Å². The van der Waals surface area contributed by atoms with Crippen molar-refractivity contribution in [3.05, 3.63) is 28.3 Å². The van der Waals surface area contributed by atoms with E-state index in [9.17, 15) is 5.11 Å². The Morgan fingerprint density at radius 2 is 1.29 bits per heavy atom. The Labute approximate surface area is 130 Å². The van der Waals surface area contributed by atoms with Crippen molar-refractivity contribution in [2.45, 2.75) is 85.1 Å². The minimum Gasteiger partial charge on any atom is -0.507 e. The maximum absolute atomic E-state index is 10.8. The van der Waals surface area contributed by atoms with Gasteiger partial charge in [-0.05, 0) is 60.8 Å². The van der Waals surface area contributed by atoms with Gasteiger partial charge in [-0.15, -0.1) is 0 Å². The van der Waals surface area contributed by atoms with Gasteiger partial charge in [0.05, 0.1) is 0 Å². The lowest BCUT2D eigenvalue weighted by Crippen LogP contribution is -2.07. The van der Waals surface area contributed by atoms with Crippen LogP contribution in [0.3, 0.4) is 0 Å². The van der Waals surface area contributed by atoms with Crippen molar-refractivity contribution in [3.8, 4) is 5.75 Å². The molecule has 1 rings (SSSR count). The Morgan fingerprint density at radius 3 is 1.76 bits per heavy atom. The van der Waals surface area contributed by atoms with E-state index in [-0.39, 0.29) is 0 Å². The molecule has 0 fully saturated rings. The van der Waals surface area contributed by atoms with Gasteiger partial charge in [0.2, 0.25) is 0 Å². The van der Waals surface area contributed by atoms with E-state index in [2.05, 4.69) is 26.8 Å². The molecule has 0 aliphatic heterocycles. The molecule has 0 aliphatic carbocycles. The third-order valence-corrected chi connectivity index (χ3v) is 4.28. The maximum atomic E-state index is 10.8. The number of aryl methyl sites for hydroxylation is 1. The normalized spacial score (nSPS) is 11.0.